The summed E-state index contributed by atoms with van der Waals surface area (Å²) in [6.45, 7) is 1.74. The number of rotatable bonds is 5. The number of carbonyl (C=O) groups is 2. The van der Waals surface area contributed by atoms with Gasteiger partial charge in [0.15, 0.2) is 5.82 Å². The van der Waals surface area contributed by atoms with Gasteiger partial charge in [-0.25, -0.2) is 0 Å². The zero-order valence-corrected chi connectivity index (χ0v) is 14.7. The van der Waals surface area contributed by atoms with E-state index in [1.807, 2.05) is 0 Å². The van der Waals surface area contributed by atoms with E-state index in [2.05, 4.69) is 20.8 Å². The SMILES string of the molecule is Cc1noc(-c2ccc(C(=O)Nc3ccccc3C(=O)NC3CC3)cc2)n1. The van der Waals surface area contributed by atoms with Gasteiger partial charge in [0.25, 0.3) is 17.7 Å². The van der Waals surface area contributed by atoms with E-state index in [4.69, 9.17) is 4.52 Å². The molecule has 1 saturated carbocycles. The summed E-state index contributed by atoms with van der Waals surface area (Å²) >= 11 is 0. The zero-order chi connectivity index (χ0) is 18.8. The number of amides is 2. The van der Waals surface area contributed by atoms with E-state index in [1.165, 1.54) is 0 Å². The third-order valence-electron chi connectivity index (χ3n) is 4.25. The molecule has 0 saturated heterocycles. The number of carbonyl (C=O) groups excluding carboxylic acids is 2. The highest BCUT2D eigenvalue weighted by atomic mass is 16.5. The van der Waals surface area contributed by atoms with Gasteiger partial charge in [0.05, 0.1) is 11.3 Å². The van der Waals surface area contributed by atoms with Crippen molar-refractivity contribution in [2.24, 2.45) is 0 Å². The molecule has 27 heavy (non-hydrogen) atoms. The van der Waals surface area contributed by atoms with Gasteiger partial charge in [0, 0.05) is 17.2 Å². The van der Waals surface area contributed by atoms with E-state index in [-0.39, 0.29) is 17.9 Å². The minimum Gasteiger partial charge on any atom is -0.349 e. The number of nitrogens with zero attached hydrogens (tertiary/aromatic N) is 2. The van der Waals surface area contributed by atoms with Crippen LogP contribution in [0.2, 0.25) is 0 Å². The topological polar surface area (TPSA) is 97.1 Å². The Labute approximate surface area is 155 Å². The standard InChI is InChI=1S/C20H18N4O3/c1-12-21-20(27-24-12)14-8-6-13(7-9-14)18(25)23-17-5-3-2-4-16(17)19(26)22-15-10-11-15/h2-9,15H,10-11H2,1H3,(H,22,26)(H,23,25). The highest BCUT2D eigenvalue weighted by molar-refractivity contribution is 6.09. The minimum absolute atomic E-state index is 0.171. The van der Waals surface area contributed by atoms with Gasteiger partial charge in [-0.2, -0.15) is 4.98 Å². The first kappa shape index (κ1) is 17.0. The summed E-state index contributed by atoms with van der Waals surface area (Å²) in [5.74, 6) is 0.486. The molecule has 0 bridgehead atoms. The van der Waals surface area contributed by atoms with Crippen molar-refractivity contribution in [3.8, 4) is 11.5 Å². The van der Waals surface area contributed by atoms with E-state index >= 15 is 0 Å². The highest BCUT2D eigenvalue weighted by Gasteiger charge is 2.25. The highest BCUT2D eigenvalue weighted by Crippen LogP contribution is 2.22. The molecule has 1 aliphatic rings. The Morgan fingerprint density at radius 3 is 2.44 bits per heavy atom. The van der Waals surface area contributed by atoms with Crippen LogP contribution in [-0.2, 0) is 0 Å². The number of anilines is 1. The monoisotopic (exact) mass is 362 g/mol. The molecule has 1 heterocycles. The summed E-state index contributed by atoms with van der Waals surface area (Å²) < 4.78 is 5.12. The molecule has 1 fully saturated rings. The van der Waals surface area contributed by atoms with Crippen LogP contribution >= 0.6 is 0 Å². The molecule has 2 aromatic carbocycles. The van der Waals surface area contributed by atoms with Crippen molar-refractivity contribution in [2.75, 3.05) is 5.32 Å². The summed E-state index contributed by atoms with van der Waals surface area (Å²) in [6.07, 6.45) is 2.01. The van der Waals surface area contributed by atoms with Crippen molar-refractivity contribution in [1.29, 1.82) is 0 Å². The summed E-state index contributed by atoms with van der Waals surface area (Å²) in [6, 6.07) is 14.1. The van der Waals surface area contributed by atoms with Gasteiger partial charge in [-0.1, -0.05) is 17.3 Å². The van der Waals surface area contributed by atoms with Gasteiger partial charge in [-0.15, -0.1) is 0 Å². The number of para-hydroxylation sites is 1. The van der Waals surface area contributed by atoms with Crippen molar-refractivity contribution in [3.05, 3.63) is 65.5 Å². The lowest BCUT2D eigenvalue weighted by Gasteiger charge is -2.11. The molecule has 1 aromatic heterocycles. The van der Waals surface area contributed by atoms with E-state index in [9.17, 15) is 9.59 Å². The van der Waals surface area contributed by atoms with Crippen LogP contribution in [0.5, 0.6) is 0 Å². The summed E-state index contributed by atoms with van der Waals surface area (Å²) in [7, 11) is 0. The third kappa shape index (κ3) is 3.87. The number of benzene rings is 2. The smallest absolute Gasteiger partial charge is 0.257 e. The summed E-state index contributed by atoms with van der Waals surface area (Å²) in [5.41, 5.74) is 2.14. The Balaban J connectivity index is 1.50. The Morgan fingerprint density at radius 2 is 1.78 bits per heavy atom. The van der Waals surface area contributed by atoms with Gasteiger partial charge in [-0.3, -0.25) is 9.59 Å². The molecule has 0 unspecified atom stereocenters. The van der Waals surface area contributed by atoms with Gasteiger partial charge in [-0.05, 0) is 56.2 Å². The van der Waals surface area contributed by atoms with Gasteiger partial charge >= 0.3 is 0 Å². The second-order valence-corrected chi connectivity index (χ2v) is 6.47. The van der Waals surface area contributed by atoms with Crippen LogP contribution in [0, 0.1) is 6.92 Å². The van der Waals surface area contributed by atoms with Crippen molar-refractivity contribution in [3.63, 3.8) is 0 Å². The predicted octanol–water partition coefficient (Wildman–Crippen LogP) is 3.19. The molecule has 2 N–H and O–H groups in total. The fourth-order valence-electron chi connectivity index (χ4n) is 2.65. The predicted molar refractivity (Wildman–Crippen MR) is 99.4 cm³/mol. The van der Waals surface area contributed by atoms with E-state index in [1.54, 1.807) is 55.5 Å². The van der Waals surface area contributed by atoms with Gasteiger partial charge in [0.1, 0.15) is 0 Å². The maximum absolute atomic E-state index is 12.6. The van der Waals surface area contributed by atoms with Crippen LogP contribution < -0.4 is 10.6 Å². The lowest BCUT2D eigenvalue weighted by molar-refractivity contribution is 0.0952. The average molecular weight is 362 g/mol. The Bertz CT molecular complexity index is 990. The molecule has 0 aliphatic heterocycles. The van der Waals surface area contributed by atoms with E-state index < -0.39 is 0 Å². The van der Waals surface area contributed by atoms with Crippen molar-refractivity contribution < 1.29 is 14.1 Å². The number of nitrogens with one attached hydrogen (secondary N) is 2. The lowest BCUT2D eigenvalue weighted by Crippen LogP contribution is -2.27. The first-order chi connectivity index (χ1) is 13.1. The van der Waals surface area contributed by atoms with Crippen molar-refractivity contribution in [2.45, 2.75) is 25.8 Å². The molecule has 0 spiro atoms. The summed E-state index contributed by atoms with van der Waals surface area (Å²) in [4.78, 5) is 29.1. The number of hydrogen-bond donors (Lipinski definition) is 2. The Kier molecular flexibility index (Phi) is 4.42. The number of aryl methyl sites for hydroxylation is 1. The van der Waals surface area contributed by atoms with Crippen LogP contribution in [0.25, 0.3) is 11.5 Å². The molecular formula is C20H18N4O3. The Hall–Kier alpha value is -3.48. The van der Waals surface area contributed by atoms with Crippen LogP contribution in [0.3, 0.4) is 0 Å². The zero-order valence-electron chi connectivity index (χ0n) is 14.7. The molecule has 7 nitrogen and oxygen atoms in total. The van der Waals surface area contributed by atoms with Crippen LogP contribution in [0.15, 0.2) is 53.1 Å². The molecule has 1 aliphatic carbocycles. The number of aromatic nitrogens is 2. The average Bonchev–Trinajstić information content (AvgIpc) is 3.39. The third-order valence-corrected chi connectivity index (χ3v) is 4.25. The molecule has 0 radical (unpaired) electrons. The molecule has 0 atom stereocenters. The van der Waals surface area contributed by atoms with Crippen LogP contribution in [0.4, 0.5) is 5.69 Å². The normalized spacial score (nSPS) is 13.2. The molecule has 2 amide bonds. The maximum atomic E-state index is 12.6. The molecule has 4 rings (SSSR count). The quantitative estimate of drug-likeness (QED) is 0.726. The second-order valence-electron chi connectivity index (χ2n) is 6.47. The first-order valence-electron chi connectivity index (χ1n) is 8.72. The minimum atomic E-state index is -0.296. The second kappa shape index (κ2) is 7.03. The van der Waals surface area contributed by atoms with E-state index in [0.29, 0.717) is 28.5 Å². The molecule has 7 heteroatoms. The molecular weight excluding hydrogens is 344 g/mol. The van der Waals surface area contributed by atoms with Crippen molar-refractivity contribution >= 4 is 17.5 Å². The van der Waals surface area contributed by atoms with Gasteiger partial charge < -0.3 is 15.2 Å². The van der Waals surface area contributed by atoms with Crippen LogP contribution in [-0.4, -0.2) is 28.0 Å². The molecule has 136 valence electrons. The van der Waals surface area contributed by atoms with Crippen LogP contribution in [0.1, 0.15) is 39.4 Å². The van der Waals surface area contributed by atoms with Crippen molar-refractivity contribution in [1.82, 2.24) is 15.5 Å². The molecule has 3 aromatic rings. The maximum Gasteiger partial charge on any atom is 0.257 e. The fourth-order valence-corrected chi connectivity index (χ4v) is 2.65. The largest absolute Gasteiger partial charge is 0.349 e. The lowest BCUT2D eigenvalue weighted by atomic mass is 10.1. The Morgan fingerprint density at radius 1 is 1.04 bits per heavy atom. The van der Waals surface area contributed by atoms with E-state index in [0.717, 1.165) is 18.4 Å². The number of hydrogen-bond acceptors (Lipinski definition) is 5. The summed E-state index contributed by atoms with van der Waals surface area (Å²) in [5, 5.41) is 9.51. The van der Waals surface area contributed by atoms with Gasteiger partial charge in [0.2, 0.25) is 0 Å². The first-order valence-corrected chi connectivity index (χ1v) is 8.72. The fraction of sp³-hybridized carbons (Fsp3) is 0.200.